The van der Waals surface area contributed by atoms with Crippen LogP contribution < -0.4 is 25.3 Å². The molecule has 8 nitrogen and oxygen atoms in total. The largest absolute Gasteiger partial charge is 0.810 e. The van der Waals surface area contributed by atoms with Crippen molar-refractivity contribution in [1.29, 1.82) is 0 Å². The summed E-state index contributed by atoms with van der Waals surface area (Å²) < 4.78 is 20.6. The maximum atomic E-state index is 10.3. The Balaban J connectivity index is 4.31. The van der Waals surface area contributed by atoms with Gasteiger partial charge in [0.2, 0.25) is 0 Å². The van der Waals surface area contributed by atoms with Gasteiger partial charge in [0, 0.05) is 25.7 Å². The highest BCUT2D eigenvalue weighted by atomic mass is 31.2. The summed E-state index contributed by atoms with van der Waals surface area (Å²) >= 11 is 0. The molecule has 0 spiro atoms. The van der Waals surface area contributed by atoms with Crippen molar-refractivity contribution in [1.82, 2.24) is 4.90 Å². The molecule has 0 aliphatic heterocycles. The summed E-state index contributed by atoms with van der Waals surface area (Å²) in [6.07, 6.45) is -2.00. The molecule has 0 atom stereocenters. The van der Waals surface area contributed by atoms with E-state index in [2.05, 4.69) is 0 Å². The predicted octanol–water partition coefficient (Wildman–Crippen LogP) is -4.01. The van der Waals surface area contributed by atoms with Crippen LogP contribution in [0, 0.1) is 0 Å². The van der Waals surface area contributed by atoms with Gasteiger partial charge in [-0.1, -0.05) is 15.2 Å². The van der Waals surface area contributed by atoms with E-state index in [1.807, 2.05) is 0 Å². The monoisotopic (exact) mass is 244 g/mol. The molecule has 0 rings (SSSR count). The van der Waals surface area contributed by atoms with E-state index >= 15 is 0 Å². The average Bonchev–Trinajstić information content (AvgIpc) is 1.78. The van der Waals surface area contributed by atoms with Gasteiger partial charge in [0.05, 0.1) is 0 Å². The standard InChI is InChI=1S/C4H14N2O6P2/c5-1-2-6(3-13(7,8)9)4-14(10,11)12/h1-5H2,(H2,7,8,9)(H2,10,11,12)/p-4. The van der Waals surface area contributed by atoms with Crippen LogP contribution in [-0.4, -0.2) is 30.6 Å². The Morgan fingerprint density at radius 3 is 1.57 bits per heavy atom. The molecule has 14 heavy (non-hydrogen) atoms. The van der Waals surface area contributed by atoms with E-state index in [4.69, 9.17) is 5.73 Å². The van der Waals surface area contributed by atoms with Crippen LogP contribution in [0.2, 0.25) is 0 Å². The van der Waals surface area contributed by atoms with Crippen LogP contribution in [-0.2, 0) is 9.13 Å². The van der Waals surface area contributed by atoms with Gasteiger partial charge in [0.15, 0.2) is 0 Å². The first-order valence-corrected chi connectivity index (χ1v) is 7.04. The van der Waals surface area contributed by atoms with Crippen LogP contribution in [0.4, 0.5) is 0 Å². The van der Waals surface area contributed by atoms with Crippen LogP contribution >= 0.6 is 15.2 Å². The third-order valence-electron chi connectivity index (χ3n) is 1.19. The van der Waals surface area contributed by atoms with Crippen molar-refractivity contribution in [3.63, 3.8) is 0 Å². The third-order valence-corrected chi connectivity index (χ3v) is 2.68. The first-order chi connectivity index (χ1) is 6.14. The van der Waals surface area contributed by atoms with Crippen LogP contribution in [0.5, 0.6) is 0 Å². The number of nitrogens with zero attached hydrogens (tertiary/aromatic N) is 1. The van der Waals surface area contributed by atoms with Crippen molar-refractivity contribution >= 4 is 15.2 Å². The highest BCUT2D eigenvalue weighted by Crippen LogP contribution is 2.30. The molecule has 0 aromatic heterocycles. The van der Waals surface area contributed by atoms with Crippen LogP contribution in [0.15, 0.2) is 0 Å². The molecule has 0 unspecified atom stereocenters. The zero-order valence-electron chi connectivity index (χ0n) is 7.20. The van der Waals surface area contributed by atoms with Gasteiger partial charge >= 0.3 is 0 Å². The lowest BCUT2D eigenvalue weighted by Gasteiger charge is -2.40. The molecule has 0 bridgehead atoms. The lowest BCUT2D eigenvalue weighted by Crippen LogP contribution is -2.38. The van der Waals surface area contributed by atoms with Gasteiger partial charge in [-0.05, 0) is 0 Å². The van der Waals surface area contributed by atoms with Crippen LogP contribution in [0.3, 0.4) is 0 Å². The minimum atomic E-state index is -4.87. The predicted molar refractivity (Wildman–Crippen MR) is 40.7 cm³/mol. The van der Waals surface area contributed by atoms with Crippen molar-refractivity contribution < 1.29 is 28.7 Å². The summed E-state index contributed by atoms with van der Waals surface area (Å²) in [5.74, 6) is 0. The molecular formula is C4H10N2O6P2-4. The maximum Gasteiger partial charge on any atom is 0.0264 e. The Hall–Kier alpha value is 0.220. The molecule has 2 N–H and O–H groups in total. The molecule has 10 heteroatoms. The number of hydrogen-bond acceptors (Lipinski definition) is 8. The second-order valence-corrected chi connectivity index (χ2v) is 5.70. The summed E-state index contributed by atoms with van der Waals surface area (Å²) in [7, 11) is -9.73. The molecule has 0 saturated heterocycles. The van der Waals surface area contributed by atoms with Gasteiger partial charge in [-0.2, -0.15) is 0 Å². The number of nitrogens with two attached hydrogens (primary N) is 1. The lowest BCUT2D eigenvalue weighted by atomic mass is 10.6. The van der Waals surface area contributed by atoms with Gasteiger partial charge in [-0.15, -0.1) is 0 Å². The van der Waals surface area contributed by atoms with E-state index in [9.17, 15) is 28.7 Å². The summed E-state index contributed by atoms with van der Waals surface area (Å²) in [6, 6.07) is 0. The molecule has 86 valence electrons. The highest BCUT2D eigenvalue weighted by Gasteiger charge is 2.07. The van der Waals surface area contributed by atoms with E-state index in [1.165, 1.54) is 0 Å². The van der Waals surface area contributed by atoms with Gasteiger partial charge in [0.1, 0.15) is 0 Å². The topological polar surface area (TPSA) is 156 Å². The van der Waals surface area contributed by atoms with Gasteiger partial charge in [-0.3, -0.25) is 4.90 Å². The van der Waals surface area contributed by atoms with Crippen LogP contribution in [0.25, 0.3) is 0 Å². The summed E-state index contributed by atoms with van der Waals surface area (Å²) in [4.78, 5) is 41.9. The summed E-state index contributed by atoms with van der Waals surface area (Å²) in [5.41, 5.74) is 5.04. The van der Waals surface area contributed by atoms with Crippen molar-refractivity contribution in [2.75, 3.05) is 25.7 Å². The lowest BCUT2D eigenvalue weighted by molar-refractivity contribution is -0.317. The molecule has 0 amide bonds. The van der Waals surface area contributed by atoms with Crippen molar-refractivity contribution in [3.05, 3.63) is 0 Å². The fourth-order valence-corrected chi connectivity index (χ4v) is 2.48. The Morgan fingerprint density at radius 2 is 1.36 bits per heavy atom. The Kier molecular flexibility index (Phi) is 5.43. The molecule has 0 aromatic rings. The quantitative estimate of drug-likeness (QED) is 0.463. The minimum Gasteiger partial charge on any atom is -0.810 e. The second kappa shape index (κ2) is 5.34. The molecule has 0 saturated carbocycles. The molecule has 0 radical (unpaired) electrons. The van der Waals surface area contributed by atoms with E-state index in [1.54, 1.807) is 0 Å². The van der Waals surface area contributed by atoms with Gasteiger partial charge < -0.3 is 34.4 Å². The maximum absolute atomic E-state index is 10.3. The Bertz CT molecular complexity index is 235. The van der Waals surface area contributed by atoms with Crippen LogP contribution in [0.1, 0.15) is 0 Å². The zero-order valence-corrected chi connectivity index (χ0v) is 8.99. The second-order valence-electron chi connectivity index (χ2n) is 2.69. The Labute approximate surface area is 81.0 Å². The molecule has 0 fully saturated rings. The van der Waals surface area contributed by atoms with E-state index < -0.39 is 27.8 Å². The van der Waals surface area contributed by atoms with E-state index in [0.29, 0.717) is 4.90 Å². The van der Waals surface area contributed by atoms with Gasteiger partial charge in [-0.25, -0.2) is 0 Å². The average molecular weight is 244 g/mol. The number of rotatable bonds is 6. The fraction of sp³-hybridized carbons (Fsp3) is 1.00. The molecule has 0 aliphatic rings. The normalized spacial score (nSPS) is 13.6. The smallest absolute Gasteiger partial charge is 0.0264 e. The first kappa shape index (κ1) is 14.2. The summed E-state index contributed by atoms with van der Waals surface area (Å²) in [6.45, 7) is -0.178. The Morgan fingerprint density at radius 1 is 1.00 bits per heavy atom. The molecule has 0 aliphatic carbocycles. The van der Waals surface area contributed by atoms with Crippen molar-refractivity contribution in [2.45, 2.75) is 0 Å². The summed E-state index contributed by atoms with van der Waals surface area (Å²) in [5, 5.41) is 0. The third kappa shape index (κ3) is 8.80. The zero-order chi connectivity index (χ0) is 11.4. The van der Waals surface area contributed by atoms with Crippen molar-refractivity contribution in [3.8, 4) is 0 Å². The molecular weight excluding hydrogens is 234 g/mol. The minimum absolute atomic E-state index is 0.0417. The van der Waals surface area contributed by atoms with Gasteiger partial charge in [0.25, 0.3) is 0 Å². The molecule has 0 heterocycles. The number of hydrogen-bond donors (Lipinski definition) is 1. The van der Waals surface area contributed by atoms with E-state index in [-0.39, 0.29) is 13.1 Å². The SMILES string of the molecule is NCCN(CP(=O)([O-])[O-])CP(=O)([O-])[O-]. The fourth-order valence-electron chi connectivity index (χ4n) is 0.859. The molecule has 0 aromatic carbocycles. The highest BCUT2D eigenvalue weighted by molar-refractivity contribution is 7.49. The van der Waals surface area contributed by atoms with E-state index in [0.717, 1.165) is 0 Å². The van der Waals surface area contributed by atoms with Crippen molar-refractivity contribution in [2.24, 2.45) is 5.73 Å². The first-order valence-electron chi connectivity index (χ1n) is 3.58.